The quantitative estimate of drug-likeness (QED) is 0.614. The van der Waals surface area contributed by atoms with Crippen molar-refractivity contribution >= 4 is 35.0 Å². The Morgan fingerprint density at radius 3 is 2.39 bits per heavy atom. The number of rotatable bonds is 7. The Kier molecular flexibility index (Phi) is 7.52. The van der Waals surface area contributed by atoms with Crippen LogP contribution in [0.2, 0.25) is 5.02 Å². The summed E-state index contributed by atoms with van der Waals surface area (Å²) in [5, 5.41) is 9.06. The fourth-order valence-corrected chi connectivity index (χ4v) is 3.47. The average molecular weight is 443 g/mol. The number of carbonyl (C=O) groups excluding carboxylic acids is 3. The molecule has 3 amide bonds. The molecule has 8 heteroatoms. The molecule has 3 N–H and O–H groups in total. The molecule has 1 atom stereocenters. The highest BCUT2D eigenvalue weighted by molar-refractivity contribution is 6.30. The molecule has 3 rings (SSSR count). The van der Waals surface area contributed by atoms with E-state index in [2.05, 4.69) is 16.0 Å². The van der Waals surface area contributed by atoms with Gasteiger partial charge in [0.15, 0.2) is 0 Å². The average Bonchev–Trinajstić information content (AvgIpc) is 2.76. The van der Waals surface area contributed by atoms with Crippen LogP contribution in [0, 0.1) is 5.92 Å². The Bertz CT molecular complexity index is 929. The second kappa shape index (κ2) is 10.3. The first-order valence-electron chi connectivity index (χ1n) is 10.3. The second-order valence-corrected chi connectivity index (χ2v) is 8.29. The van der Waals surface area contributed by atoms with Crippen LogP contribution < -0.4 is 20.9 Å². The van der Waals surface area contributed by atoms with Crippen LogP contribution in [0.3, 0.4) is 0 Å². The van der Waals surface area contributed by atoms with E-state index in [1.54, 1.807) is 24.3 Å². The maximum absolute atomic E-state index is 12.7. The van der Waals surface area contributed by atoms with E-state index in [0.717, 1.165) is 17.8 Å². The number of hydrogen-bond acceptors (Lipinski definition) is 4. The van der Waals surface area contributed by atoms with E-state index >= 15 is 0 Å². The van der Waals surface area contributed by atoms with Gasteiger partial charge in [-0.25, -0.2) is 0 Å². The minimum absolute atomic E-state index is 0.0166. The number of carbonyl (C=O) groups is 3. The van der Waals surface area contributed by atoms with Crippen molar-refractivity contribution in [1.82, 2.24) is 16.0 Å². The van der Waals surface area contributed by atoms with Gasteiger partial charge in [0.2, 0.25) is 11.8 Å². The van der Waals surface area contributed by atoms with E-state index in [1.807, 2.05) is 43.0 Å². The van der Waals surface area contributed by atoms with Crippen molar-refractivity contribution in [1.29, 1.82) is 0 Å². The number of amides is 3. The number of anilines is 1. The third-order valence-corrected chi connectivity index (χ3v) is 5.40. The summed E-state index contributed by atoms with van der Waals surface area (Å²) in [5.41, 5.74) is 2.36. The predicted molar refractivity (Wildman–Crippen MR) is 121 cm³/mol. The fourth-order valence-electron chi connectivity index (χ4n) is 3.34. The van der Waals surface area contributed by atoms with Gasteiger partial charge in [-0.05, 0) is 47.9 Å². The number of hydrogen-bond donors (Lipinski definition) is 3. The molecule has 1 fully saturated rings. The summed E-state index contributed by atoms with van der Waals surface area (Å²) in [6.45, 7) is 5.87. The summed E-state index contributed by atoms with van der Waals surface area (Å²) in [6.07, 6.45) is 0. The Balaban J connectivity index is 1.56. The minimum Gasteiger partial charge on any atom is -0.360 e. The normalized spacial score (nSPS) is 14.7. The van der Waals surface area contributed by atoms with Crippen molar-refractivity contribution in [3.63, 3.8) is 0 Å². The monoisotopic (exact) mass is 442 g/mol. The van der Waals surface area contributed by atoms with Crippen molar-refractivity contribution < 1.29 is 14.4 Å². The Morgan fingerprint density at radius 2 is 1.77 bits per heavy atom. The van der Waals surface area contributed by atoms with Crippen molar-refractivity contribution in [3.05, 3.63) is 64.7 Å². The molecule has 1 saturated heterocycles. The van der Waals surface area contributed by atoms with E-state index in [-0.39, 0.29) is 23.6 Å². The SMILES string of the molecule is CC(C)C(NC(=O)c1ccc(Cl)cc1)C(=O)NCc1ccc(N2CCNC(=O)C2)cc1. The molecule has 0 aromatic heterocycles. The standard InChI is InChI=1S/C23H27ClN4O3/c1-15(2)21(27-22(30)17-5-7-18(24)8-6-17)23(31)26-13-16-3-9-19(10-4-16)28-12-11-25-20(29)14-28/h3-10,15,21H,11-14H2,1-2H3,(H,25,29)(H,26,31)(H,27,30). The number of nitrogens with one attached hydrogen (secondary N) is 3. The Morgan fingerprint density at radius 1 is 1.10 bits per heavy atom. The molecule has 0 aliphatic carbocycles. The summed E-state index contributed by atoms with van der Waals surface area (Å²) in [7, 11) is 0. The summed E-state index contributed by atoms with van der Waals surface area (Å²) >= 11 is 5.87. The largest absolute Gasteiger partial charge is 0.360 e. The van der Waals surface area contributed by atoms with Gasteiger partial charge in [0.05, 0.1) is 6.54 Å². The van der Waals surface area contributed by atoms with Gasteiger partial charge in [0.1, 0.15) is 6.04 Å². The topological polar surface area (TPSA) is 90.5 Å². The molecule has 2 aromatic rings. The van der Waals surface area contributed by atoms with Crippen LogP contribution in [0.4, 0.5) is 5.69 Å². The number of benzene rings is 2. The van der Waals surface area contributed by atoms with E-state index in [9.17, 15) is 14.4 Å². The second-order valence-electron chi connectivity index (χ2n) is 7.86. The van der Waals surface area contributed by atoms with Gasteiger partial charge < -0.3 is 20.9 Å². The fraction of sp³-hybridized carbons (Fsp3) is 0.348. The summed E-state index contributed by atoms with van der Waals surface area (Å²) < 4.78 is 0. The molecule has 0 spiro atoms. The molecule has 1 heterocycles. The first-order valence-corrected chi connectivity index (χ1v) is 10.7. The van der Waals surface area contributed by atoms with Crippen LogP contribution in [0.5, 0.6) is 0 Å². The van der Waals surface area contributed by atoms with Crippen molar-refractivity contribution in [3.8, 4) is 0 Å². The molecule has 1 aliphatic heterocycles. The number of halogens is 1. The van der Waals surface area contributed by atoms with E-state index in [4.69, 9.17) is 11.6 Å². The van der Waals surface area contributed by atoms with Crippen LogP contribution in [0.25, 0.3) is 0 Å². The molecular weight excluding hydrogens is 416 g/mol. The first kappa shape index (κ1) is 22.6. The summed E-state index contributed by atoms with van der Waals surface area (Å²) in [6, 6.07) is 13.6. The van der Waals surface area contributed by atoms with Gasteiger partial charge in [0.25, 0.3) is 5.91 Å². The highest BCUT2D eigenvalue weighted by atomic mass is 35.5. The molecular formula is C23H27ClN4O3. The van der Waals surface area contributed by atoms with Crippen LogP contribution in [0.1, 0.15) is 29.8 Å². The number of piperazine rings is 1. The Hall–Kier alpha value is -3.06. The molecule has 2 aromatic carbocycles. The zero-order valence-electron chi connectivity index (χ0n) is 17.7. The molecule has 164 valence electrons. The van der Waals surface area contributed by atoms with Crippen LogP contribution in [-0.4, -0.2) is 43.4 Å². The zero-order chi connectivity index (χ0) is 22.4. The van der Waals surface area contributed by atoms with Crippen LogP contribution in [0.15, 0.2) is 48.5 Å². The lowest BCUT2D eigenvalue weighted by molar-refractivity contribution is -0.124. The third-order valence-electron chi connectivity index (χ3n) is 5.15. The van der Waals surface area contributed by atoms with Gasteiger partial charge in [-0.15, -0.1) is 0 Å². The van der Waals surface area contributed by atoms with Crippen LogP contribution >= 0.6 is 11.6 Å². The molecule has 7 nitrogen and oxygen atoms in total. The lowest BCUT2D eigenvalue weighted by Gasteiger charge is -2.28. The smallest absolute Gasteiger partial charge is 0.251 e. The zero-order valence-corrected chi connectivity index (χ0v) is 18.4. The lowest BCUT2D eigenvalue weighted by atomic mass is 10.0. The first-order chi connectivity index (χ1) is 14.8. The van der Waals surface area contributed by atoms with Crippen LogP contribution in [-0.2, 0) is 16.1 Å². The predicted octanol–water partition coefficient (Wildman–Crippen LogP) is 2.35. The van der Waals surface area contributed by atoms with E-state index < -0.39 is 6.04 Å². The molecule has 31 heavy (non-hydrogen) atoms. The van der Waals surface area contributed by atoms with Gasteiger partial charge in [-0.1, -0.05) is 37.6 Å². The molecule has 1 unspecified atom stereocenters. The highest BCUT2D eigenvalue weighted by Gasteiger charge is 2.24. The maximum Gasteiger partial charge on any atom is 0.251 e. The summed E-state index contributed by atoms with van der Waals surface area (Å²) in [5.74, 6) is -0.624. The lowest BCUT2D eigenvalue weighted by Crippen LogP contribution is -2.49. The van der Waals surface area contributed by atoms with Gasteiger partial charge in [-0.2, -0.15) is 0 Å². The van der Waals surface area contributed by atoms with E-state index in [1.165, 1.54) is 0 Å². The maximum atomic E-state index is 12.7. The Labute approximate surface area is 187 Å². The summed E-state index contributed by atoms with van der Waals surface area (Å²) in [4.78, 5) is 38.8. The minimum atomic E-state index is -0.658. The van der Waals surface area contributed by atoms with Gasteiger partial charge in [-0.3, -0.25) is 14.4 Å². The van der Waals surface area contributed by atoms with Crippen molar-refractivity contribution in [2.45, 2.75) is 26.4 Å². The number of nitrogens with zero attached hydrogens (tertiary/aromatic N) is 1. The molecule has 1 aliphatic rings. The molecule has 0 bridgehead atoms. The molecule has 0 radical (unpaired) electrons. The third kappa shape index (κ3) is 6.21. The van der Waals surface area contributed by atoms with Gasteiger partial charge >= 0.3 is 0 Å². The molecule has 0 saturated carbocycles. The highest BCUT2D eigenvalue weighted by Crippen LogP contribution is 2.16. The van der Waals surface area contributed by atoms with E-state index in [0.29, 0.717) is 30.2 Å². The van der Waals surface area contributed by atoms with Gasteiger partial charge in [0, 0.05) is 35.9 Å². The van der Waals surface area contributed by atoms with Crippen molar-refractivity contribution in [2.24, 2.45) is 5.92 Å². The van der Waals surface area contributed by atoms with Crippen molar-refractivity contribution in [2.75, 3.05) is 24.5 Å².